The standard InChI is InChI=1S/C8H15NO2/c1-3-4-8(6-11-10)5-7(2)9/h4-5,10H,3,6,9H2,1-2H3/b7-5+,8-4+. The van der Waals surface area contributed by atoms with Crippen LogP contribution in [0.4, 0.5) is 0 Å². The van der Waals surface area contributed by atoms with Crippen molar-refractivity contribution in [3.8, 4) is 0 Å². The average Bonchev–Trinajstić information content (AvgIpc) is 1.87. The maximum atomic E-state index is 8.17. The number of allylic oxidation sites excluding steroid dienone is 2. The first-order valence-electron chi connectivity index (χ1n) is 3.59. The van der Waals surface area contributed by atoms with Crippen molar-refractivity contribution in [2.75, 3.05) is 6.61 Å². The molecule has 0 rings (SSSR count). The number of rotatable bonds is 4. The lowest BCUT2D eigenvalue weighted by molar-refractivity contribution is -0.233. The molecule has 0 saturated heterocycles. The Morgan fingerprint density at radius 1 is 1.64 bits per heavy atom. The molecule has 0 aliphatic carbocycles. The van der Waals surface area contributed by atoms with Crippen LogP contribution in [0.25, 0.3) is 0 Å². The second kappa shape index (κ2) is 5.95. The summed E-state index contributed by atoms with van der Waals surface area (Å²) in [4.78, 5) is 3.99. The van der Waals surface area contributed by atoms with E-state index in [1.165, 1.54) is 0 Å². The van der Waals surface area contributed by atoms with Gasteiger partial charge >= 0.3 is 0 Å². The molecule has 0 spiro atoms. The molecule has 11 heavy (non-hydrogen) atoms. The van der Waals surface area contributed by atoms with Gasteiger partial charge in [0.2, 0.25) is 0 Å². The molecule has 0 unspecified atom stereocenters. The SMILES string of the molecule is CC/C=C(\C=C(/C)N)COO. The van der Waals surface area contributed by atoms with E-state index in [9.17, 15) is 0 Å². The molecule has 0 aromatic carbocycles. The minimum absolute atomic E-state index is 0.197. The van der Waals surface area contributed by atoms with Gasteiger partial charge in [-0.1, -0.05) is 13.0 Å². The van der Waals surface area contributed by atoms with Gasteiger partial charge in [0.05, 0.1) is 0 Å². The molecule has 0 aromatic rings. The fourth-order valence-electron chi connectivity index (χ4n) is 0.789. The number of hydrogen-bond acceptors (Lipinski definition) is 3. The Bertz CT molecular complexity index is 157. The van der Waals surface area contributed by atoms with Gasteiger partial charge in [-0.15, -0.1) is 0 Å². The fourth-order valence-corrected chi connectivity index (χ4v) is 0.789. The zero-order valence-electron chi connectivity index (χ0n) is 7.00. The molecular weight excluding hydrogens is 142 g/mol. The Morgan fingerprint density at radius 2 is 2.27 bits per heavy atom. The average molecular weight is 157 g/mol. The highest BCUT2D eigenvalue weighted by Crippen LogP contribution is 2.00. The largest absolute Gasteiger partial charge is 0.402 e. The Morgan fingerprint density at radius 3 is 2.64 bits per heavy atom. The second-order valence-corrected chi connectivity index (χ2v) is 2.35. The van der Waals surface area contributed by atoms with Crippen molar-refractivity contribution in [3.05, 3.63) is 23.4 Å². The molecule has 0 aromatic heterocycles. The maximum Gasteiger partial charge on any atom is 0.107 e. The quantitative estimate of drug-likeness (QED) is 0.371. The molecule has 0 heterocycles. The van der Waals surface area contributed by atoms with Crippen LogP contribution < -0.4 is 5.73 Å². The van der Waals surface area contributed by atoms with Crippen molar-refractivity contribution >= 4 is 0 Å². The minimum atomic E-state index is 0.197. The zero-order chi connectivity index (χ0) is 8.69. The van der Waals surface area contributed by atoms with Crippen LogP contribution in [-0.4, -0.2) is 11.9 Å². The summed E-state index contributed by atoms with van der Waals surface area (Å²) in [5, 5.41) is 8.17. The van der Waals surface area contributed by atoms with Crippen molar-refractivity contribution in [2.24, 2.45) is 5.73 Å². The van der Waals surface area contributed by atoms with E-state index in [4.69, 9.17) is 11.0 Å². The summed E-state index contributed by atoms with van der Waals surface area (Å²) in [5.74, 6) is 0. The maximum absolute atomic E-state index is 8.17. The third kappa shape index (κ3) is 5.63. The molecule has 0 aliphatic heterocycles. The summed E-state index contributed by atoms with van der Waals surface area (Å²) in [5.41, 5.74) is 7.05. The first kappa shape index (κ1) is 10.2. The van der Waals surface area contributed by atoms with Crippen molar-refractivity contribution in [3.63, 3.8) is 0 Å². The Kier molecular flexibility index (Phi) is 5.51. The molecule has 0 radical (unpaired) electrons. The highest BCUT2D eigenvalue weighted by atomic mass is 17.1. The summed E-state index contributed by atoms with van der Waals surface area (Å²) >= 11 is 0. The molecule has 0 saturated carbocycles. The summed E-state index contributed by atoms with van der Waals surface area (Å²) in [6.45, 7) is 4.00. The lowest BCUT2D eigenvalue weighted by Gasteiger charge is -1.98. The van der Waals surface area contributed by atoms with Crippen LogP contribution >= 0.6 is 0 Å². The van der Waals surface area contributed by atoms with Gasteiger partial charge in [0.25, 0.3) is 0 Å². The number of hydrogen-bond donors (Lipinski definition) is 2. The van der Waals surface area contributed by atoms with E-state index in [0.717, 1.165) is 12.0 Å². The van der Waals surface area contributed by atoms with E-state index >= 15 is 0 Å². The lowest BCUT2D eigenvalue weighted by Crippen LogP contribution is -1.96. The summed E-state index contributed by atoms with van der Waals surface area (Å²) in [6, 6.07) is 0. The van der Waals surface area contributed by atoms with E-state index in [1.54, 1.807) is 13.0 Å². The van der Waals surface area contributed by atoms with Crippen LogP contribution in [0.3, 0.4) is 0 Å². The summed E-state index contributed by atoms with van der Waals surface area (Å²) in [6.07, 6.45) is 4.63. The van der Waals surface area contributed by atoms with Crippen molar-refractivity contribution in [2.45, 2.75) is 20.3 Å². The molecule has 64 valence electrons. The van der Waals surface area contributed by atoms with E-state index in [-0.39, 0.29) is 6.61 Å². The van der Waals surface area contributed by atoms with Crippen LogP contribution in [0, 0.1) is 0 Å². The first-order valence-corrected chi connectivity index (χ1v) is 3.59. The van der Waals surface area contributed by atoms with Crippen molar-refractivity contribution in [1.82, 2.24) is 0 Å². The summed E-state index contributed by atoms with van der Waals surface area (Å²) in [7, 11) is 0. The van der Waals surface area contributed by atoms with Crippen molar-refractivity contribution in [1.29, 1.82) is 0 Å². The third-order valence-corrected chi connectivity index (χ3v) is 1.11. The zero-order valence-corrected chi connectivity index (χ0v) is 7.00. The third-order valence-electron chi connectivity index (χ3n) is 1.11. The smallest absolute Gasteiger partial charge is 0.107 e. The van der Waals surface area contributed by atoms with E-state index in [1.807, 2.05) is 13.0 Å². The van der Waals surface area contributed by atoms with Crippen LogP contribution in [0.1, 0.15) is 20.3 Å². The van der Waals surface area contributed by atoms with Gasteiger partial charge in [-0.2, -0.15) is 0 Å². The predicted octanol–water partition coefficient (Wildman–Crippen LogP) is 1.67. The molecule has 0 amide bonds. The van der Waals surface area contributed by atoms with Gasteiger partial charge < -0.3 is 5.73 Å². The Labute approximate surface area is 67.1 Å². The fraction of sp³-hybridized carbons (Fsp3) is 0.500. The second-order valence-electron chi connectivity index (χ2n) is 2.35. The monoisotopic (exact) mass is 157 g/mol. The highest BCUT2D eigenvalue weighted by Gasteiger charge is 1.91. The predicted molar refractivity (Wildman–Crippen MR) is 44.9 cm³/mol. The van der Waals surface area contributed by atoms with E-state index in [0.29, 0.717) is 5.70 Å². The molecule has 0 atom stereocenters. The van der Waals surface area contributed by atoms with E-state index in [2.05, 4.69) is 4.89 Å². The van der Waals surface area contributed by atoms with Crippen LogP contribution in [0.2, 0.25) is 0 Å². The molecule has 0 bridgehead atoms. The molecule has 3 heteroatoms. The van der Waals surface area contributed by atoms with Gasteiger partial charge in [-0.25, -0.2) is 4.89 Å². The summed E-state index contributed by atoms with van der Waals surface area (Å²) < 4.78 is 0. The minimum Gasteiger partial charge on any atom is -0.402 e. The van der Waals surface area contributed by atoms with Crippen LogP contribution in [0.5, 0.6) is 0 Å². The van der Waals surface area contributed by atoms with E-state index < -0.39 is 0 Å². The highest BCUT2D eigenvalue weighted by molar-refractivity contribution is 5.21. The van der Waals surface area contributed by atoms with Gasteiger partial charge in [-0.05, 0) is 25.0 Å². The molecule has 0 aliphatic rings. The van der Waals surface area contributed by atoms with Gasteiger partial charge in [0.1, 0.15) is 6.61 Å². The molecular formula is C8H15NO2. The topological polar surface area (TPSA) is 55.5 Å². The molecule has 3 N–H and O–H groups in total. The first-order chi connectivity index (χ1) is 5.20. The van der Waals surface area contributed by atoms with Crippen molar-refractivity contribution < 1.29 is 10.1 Å². The van der Waals surface area contributed by atoms with Gasteiger partial charge in [0, 0.05) is 5.70 Å². The Hall–Kier alpha value is -0.800. The molecule has 3 nitrogen and oxygen atoms in total. The Balaban J connectivity index is 4.11. The van der Waals surface area contributed by atoms with Gasteiger partial charge in [-0.3, -0.25) is 5.26 Å². The van der Waals surface area contributed by atoms with Crippen LogP contribution in [-0.2, 0) is 4.89 Å². The van der Waals surface area contributed by atoms with Crippen LogP contribution in [0.15, 0.2) is 23.4 Å². The molecule has 0 fully saturated rings. The number of nitrogens with two attached hydrogens (primary N) is 1. The van der Waals surface area contributed by atoms with Gasteiger partial charge in [0.15, 0.2) is 0 Å². The lowest BCUT2D eigenvalue weighted by atomic mass is 10.2. The normalized spacial score (nSPS) is 13.7.